The van der Waals surface area contributed by atoms with Gasteiger partial charge in [0, 0.05) is 5.56 Å². The van der Waals surface area contributed by atoms with Crippen molar-refractivity contribution in [1.82, 2.24) is 14.9 Å². The van der Waals surface area contributed by atoms with Crippen molar-refractivity contribution < 1.29 is 9.13 Å². The Morgan fingerprint density at radius 2 is 1.71 bits per heavy atom. The lowest BCUT2D eigenvalue weighted by Crippen LogP contribution is -1.95. The van der Waals surface area contributed by atoms with Crippen molar-refractivity contribution in [2.24, 2.45) is 5.10 Å². The van der Waals surface area contributed by atoms with E-state index in [1.807, 2.05) is 54.6 Å². The van der Waals surface area contributed by atoms with Crippen LogP contribution in [0.15, 0.2) is 84.0 Å². The van der Waals surface area contributed by atoms with Crippen molar-refractivity contribution in [2.75, 3.05) is 0 Å². The Morgan fingerprint density at radius 3 is 2.50 bits per heavy atom. The molecule has 0 radical (unpaired) electrons. The summed E-state index contributed by atoms with van der Waals surface area (Å²) in [5, 5.41) is 11.3. The molecule has 7 heteroatoms. The Kier molecular flexibility index (Phi) is 5.07. The van der Waals surface area contributed by atoms with Crippen LogP contribution in [-0.2, 0) is 0 Å². The van der Waals surface area contributed by atoms with E-state index in [0.29, 0.717) is 21.9 Å². The van der Waals surface area contributed by atoms with Crippen LogP contribution in [0.2, 0.25) is 0 Å². The topological polar surface area (TPSA) is 55.2 Å². The lowest BCUT2D eigenvalue weighted by Gasteiger charge is -2.06. The Bertz CT molecular complexity index is 1170. The number of ether oxygens (including phenoxy) is 1. The highest BCUT2D eigenvalue weighted by molar-refractivity contribution is 7.71. The minimum Gasteiger partial charge on any atom is -0.457 e. The molecule has 138 valence electrons. The second-order valence-electron chi connectivity index (χ2n) is 5.90. The molecule has 0 aliphatic carbocycles. The number of para-hydroxylation sites is 1. The van der Waals surface area contributed by atoms with Gasteiger partial charge in [-0.25, -0.2) is 9.49 Å². The van der Waals surface area contributed by atoms with Gasteiger partial charge in [0.2, 0.25) is 4.77 Å². The van der Waals surface area contributed by atoms with Gasteiger partial charge in [-0.2, -0.15) is 14.9 Å². The fourth-order valence-corrected chi connectivity index (χ4v) is 2.77. The van der Waals surface area contributed by atoms with Gasteiger partial charge in [0.25, 0.3) is 0 Å². The minimum atomic E-state index is -0.317. The van der Waals surface area contributed by atoms with Crippen molar-refractivity contribution in [3.63, 3.8) is 0 Å². The monoisotopic (exact) mass is 390 g/mol. The van der Waals surface area contributed by atoms with E-state index in [-0.39, 0.29) is 5.82 Å². The summed E-state index contributed by atoms with van der Waals surface area (Å²) >= 11 is 5.26. The van der Waals surface area contributed by atoms with Crippen LogP contribution in [0.1, 0.15) is 5.56 Å². The molecule has 1 heterocycles. The molecule has 0 saturated carbocycles. The quantitative estimate of drug-likeness (QED) is 0.366. The van der Waals surface area contributed by atoms with E-state index in [1.54, 1.807) is 18.3 Å². The molecular formula is C21H15FN4OS. The number of halogens is 1. The van der Waals surface area contributed by atoms with E-state index in [9.17, 15) is 4.39 Å². The van der Waals surface area contributed by atoms with E-state index in [2.05, 4.69) is 15.3 Å². The van der Waals surface area contributed by atoms with E-state index >= 15 is 0 Å². The largest absolute Gasteiger partial charge is 0.457 e. The summed E-state index contributed by atoms with van der Waals surface area (Å²) in [7, 11) is 0. The molecule has 0 aliphatic heterocycles. The standard InChI is InChI=1S/C21H15FN4OS/c22-17-11-9-16(10-12-17)20-24-25-21(28)26(20)23-14-15-5-4-8-19(13-15)27-18-6-2-1-3-7-18/h1-14H,(H,25,28)/b23-14-. The van der Waals surface area contributed by atoms with Crippen LogP contribution in [0.3, 0.4) is 0 Å². The summed E-state index contributed by atoms with van der Waals surface area (Å²) in [5.41, 5.74) is 1.54. The number of nitrogens with one attached hydrogen (secondary N) is 1. The second kappa shape index (κ2) is 7.98. The van der Waals surface area contributed by atoms with Crippen LogP contribution in [0.25, 0.3) is 11.4 Å². The summed E-state index contributed by atoms with van der Waals surface area (Å²) < 4.78 is 20.8. The van der Waals surface area contributed by atoms with Crippen molar-refractivity contribution in [3.05, 3.63) is 95.0 Å². The first-order chi connectivity index (χ1) is 13.7. The average Bonchev–Trinajstić information content (AvgIpc) is 3.08. The maximum atomic E-state index is 13.2. The zero-order valence-electron chi connectivity index (χ0n) is 14.6. The Morgan fingerprint density at radius 1 is 0.964 bits per heavy atom. The summed E-state index contributed by atoms with van der Waals surface area (Å²) in [6.45, 7) is 0. The Balaban J connectivity index is 1.60. The predicted octanol–water partition coefficient (Wildman–Crippen LogP) is 5.42. The van der Waals surface area contributed by atoms with Gasteiger partial charge in [-0.15, -0.1) is 0 Å². The SMILES string of the molecule is Fc1ccc(-c2n[nH]c(=S)n2/N=C\c2cccc(Oc3ccccc3)c2)cc1. The number of hydrogen-bond acceptors (Lipinski definition) is 4. The first-order valence-corrected chi connectivity index (χ1v) is 8.90. The van der Waals surface area contributed by atoms with Crippen molar-refractivity contribution >= 4 is 18.4 Å². The number of aromatic amines is 1. The van der Waals surface area contributed by atoms with Crippen molar-refractivity contribution in [1.29, 1.82) is 0 Å². The van der Waals surface area contributed by atoms with Crippen LogP contribution >= 0.6 is 12.2 Å². The zero-order valence-corrected chi connectivity index (χ0v) is 15.4. The Hall–Kier alpha value is -3.58. The van der Waals surface area contributed by atoms with Crippen LogP contribution in [0, 0.1) is 10.6 Å². The highest BCUT2D eigenvalue weighted by Gasteiger charge is 2.08. The third-order valence-corrected chi connectivity index (χ3v) is 4.18. The number of H-pyrrole nitrogens is 1. The summed E-state index contributed by atoms with van der Waals surface area (Å²) in [5.74, 6) is 1.64. The van der Waals surface area contributed by atoms with Gasteiger partial charge in [0.05, 0.1) is 6.21 Å². The van der Waals surface area contributed by atoms with Gasteiger partial charge in [-0.1, -0.05) is 30.3 Å². The third kappa shape index (κ3) is 4.05. The average molecular weight is 390 g/mol. The number of aromatic nitrogens is 3. The lowest BCUT2D eigenvalue weighted by molar-refractivity contribution is 0.482. The fourth-order valence-electron chi connectivity index (χ4n) is 2.59. The minimum absolute atomic E-state index is 0.317. The Labute approximate surface area is 165 Å². The molecule has 1 N–H and O–H groups in total. The maximum Gasteiger partial charge on any atom is 0.216 e. The number of rotatable bonds is 5. The van der Waals surface area contributed by atoms with Crippen molar-refractivity contribution in [2.45, 2.75) is 0 Å². The lowest BCUT2D eigenvalue weighted by atomic mass is 10.2. The molecule has 5 nitrogen and oxygen atoms in total. The van der Waals surface area contributed by atoms with E-state index in [0.717, 1.165) is 11.3 Å². The van der Waals surface area contributed by atoms with E-state index in [4.69, 9.17) is 17.0 Å². The van der Waals surface area contributed by atoms with Crippen LogP contribution in [0.4, 0.5) is 4.39 Å². The molecule has 0 spiro atoms. The molecule has 0 atom stereocenters. The van der Waals surface area contributed by atoms with Gasteiger partial charge in [-0.3, -0.25) is 0 Å². The molecular weight excluding hydrogens is 375 g/mol. The fraction of sp³-hybridized carbons (Fsp3) is 0. The van der Waals surface area contributed by atoms with E-state index in [1.165, 1.54) is 16.8 Å². The molecule has 1 aromatic heterocycles. The molecule has 0 amide bonds. The highest BCUT2D eigenvalue weighted by atomic mass is 32.1. The third-order valence-electron chi connectivity index (χ3n) is 3.91. The number of benzene rings is 3. The molecule has 0 bridgehead atoms. The smallest absolute Gasteiger partial charge is 0.216 e. The molecule has 0 saturated heterocycles. The first kappa shape index (κ1) is 17.8. The first-order valence-electron chi connectivity index (χ1n) is 8.50. The molecule has 28 heavy (non-hydrogen) atoms. The van der Waals surface area contributed by atoms with Gasteiger partial charge in [0.15, 0.2) is 5.82 Å². The van der Waals surface area contributed by atoms with Gasteiger partial charge in [-0.05, 0) is 66.3 Å². The van der Waals surface area contributed by atoms with Crippen LogP contribution < -0.4 is 4.74 Å². The van der Waals surface area contributed by atoms with Gasteiger partial charge >= 0.3 is 0 Å². The molecule has 0 unspecified atom stereocenters. The van der Waals surface area contributed by atoms with Gasteiger partial charge in [0.1, 0.15) is 17.3 Å². The summed E-state index contributed by atoms with van der Waals surface area (Å²) in [4.78, 5) is 0. The normalized spacial score (nSPS) is 11.0. The summed E-state index contributed by atoms with van der Waals surface area (Å²) in [6.07, 6.45) is 1.66. The molecule has 0 fully saturated rings. The predicted molar refractivity (Wildman–Crippen MR) is 109 cm³/mol. The summed E-state index contributed by atoms with van der Waals surface area (Å²) in [6, 6.07) is 23.1. The molecule has 0 aliphatic rings. The number of hydrogen-bond donors (Lipinski definition) is 1. The zero-order chi connectivity index (χ0) is 19.3. The molecule has 4 rings (SSSR count). The molecule has 3 aromatic carbocycles. The maximum absolute atomic E-state index is 13.2. The van der Waals surface area contributed by atoms with Gasteiger partial charge < -0.3 is 4.74 Å². The van der Waals surface area contributed by atoms with Crippen LogP contribution in [-0.4, -0.2) is 21.1 Å². The van der Waals surface area contributed by atoms with Crippen LogP contribution in [0.5, 0.6) is 11.5 Å². The van der Waals surface area contributed by atoms with Crippen molar-refractivity contribution in [3.8, 4) is 22.9 Å². The number of nitrogens with zero attached hydrogens (tertiary/aromatic N) is 3. The second-order valence-corrected chi connectivity index (χ2v) is 6.29. The highest BCUT2D eigenvalue weighted by Crippen LogP contribution is 2.22. The molecule has 4 aromatic rings. The van der Waals surface area contributed by atoms with E-state index < -0.39 is 0 Å².